The first-order valence-corrected chi connectivity index (χ1v) is 8.56. The topological polar surface area (TPSA) is 41.6 Å². The van der Waals surface area contributed by atoms with E-state index in [1.165, 1.54) is 0 Å². The van der Waals surface area contributed by atoms with Gasteiger partial charge in [-0.3, -0.25) is 4.79 Å². The minimum Gasteiger partial charge on any atom is -0.378 e. The molecular weight excluding hydrogens is 300 g/mol. The van der Waals surface area contributed by atoms with Crippen LogP contribution in [-0.4, -0.2) is 32.2 Å². The average Bonchev–Trinajstić information content (AvgIpc) is 2.67. The number of rotatable bonds is 5. The molecule has 1 amide bonds. The largest absolute Gasteiger partial charge is 0.378 e. The van der Waals surface area contributed by atoms with Crippen LogP contribution < -0.4 is 10.2 Å². The molecular formula is C20H24N2O2. The lowest BCUT2D eigenvalue weighted by Crippen LogP contribution is -2.36. The number of benzene rings is 2. The maximum absolute atomic E-state index is 12.5. The lowest BCUT2D eigenvalue weighted by atomic mass is 10.0. The Bertz CT molecular complexity index is 649. The minimum atomic E-state index is -0.0285. The molecule has 1 N–H and O–H groups in total. The SMILES string of the molecule is CC[C@@H](NC(=O)c1ccc(N2CCOCC2)cc1)c1ccccc1. The van der Waals surface area contributed by atoms with Crippen molar-refractivity contribution in [2.45, 2.75) is 19.4 Å². The summed E-state index contributed by atoms with van der Waals surface area (Å²) in [5.74, 6) is -0.0285. The van der Waals surface area contributed by atoms with E-state index in [2.05, 4.69) is 29.3 Å². The van der Waals surface area contributed by atoms with Crippen LogP contribution in [-0.2, 0) is 4.74 Å². The summed E-state index contributed by atoms with van der Waals surface area (Å²) in [5, 5.41) is 3.13. The Morgan fingerprint density at radius 3 is 2.38 bits per heavy atom. The third kappa shape index (κ3) is 3.95. The van der Waals surface area contributed by atoms with Crippen molar-refractivity contribution >= 4 is 11.6 Å². The van der Waals surface area contributed by atoms with E-state index in [1.54, 1.807) is 0 Å². The third-order valence-electron chi connectivity index (χ3n) is 4.42. The zero-order chi connectivity index (χ0) is 16.8. The van der Waals surface area contributed by atoms with Gasteiger partial charge in [-0.15, -0.1) is 0 Å². The van der Waals surface area contributed by atoms with Crippen LogP contribution in [0.1, 0.15) is 35.3 Å². The molecule has 2 aromatic rings. The van der Waals surface area contributed by atoms with Gasteiger partial charge in [0.25, 0.3) is 5.91 Å². The summed E-state index contributed by atoms with van der Waals surface area (Å²) in [6.45, 7) is 5.41. The van der Waals surface area contributed by atoms with Gasteiger partial charge in [0, 0.05) is 24.3 Å². The first kappa shape index (κ1) is 16.5. The van der Waals surface area contributed by atoms with Crippen LogP contribution in [0.2, 0.25) is 0 Å². The summed E-state index contributed by atoms with van der Waals surface area (Å²) in [7, 11) is 0. The van der Waals surface area contributed by atoms with Crippen LogP contribution in [0.4, 0.5) is 5.69 Å². The summed E-state index contributed by atoms with van der Waals surface area (Å²) in [6, 6.07) is 18.0. The van der Waals surface area contributed by atoms with Gasteiger partial charge in [-0.25, -0.2) is 0 Å². The Balaban J connectivity index is 1.66. The van der Waals surface area contributed by atoms with Crippen molar-refractivity contribution in [2.75, 3.05) is 31.2 Å². The number of hydrogen-bond acceptors (Lipinski definition) is 3. The van der Waals surface area contributed by atoms with Gasteiger partial charge in [0.15, 0.2) is 0 Å². The average molecular weight is 324 g/mol. The van der Waals surface area contributed by atoms with Gasteiger partial charge in [0.2, 0.25) is 0 Å². The van der Waals surface area contributed by atoms with Crippen LogP contribution in [0, 0.1) is 0 Å². The third-order valence-corrected chi connectivity index (χ3v) is 4.42. The Hall–Kier alpha value is -2.33. The van der Waals surface area contributed by atoms with Crippen LogP contribution in [0.25, 0.3) is 0 Å². The monoisotopic (exact) mass is 324 g/mol. The Kier molecular flexibility index (Phi) is 5.49. The Morgan fingerprint density at radius 1 is 1.08 bits per heavy atom. The molecule has 4 heteroatoms. The molecule has 1 atom stereocenters. The van der Waals surface area contributed by atoms with E-state index in [1.807, 2.05) is 42.5 Å². The van der Waals surface area contributed by atoms with Crippen molar-refractivity contribution in [3.63, 3.8) is 0 Å². The summed E-state index contributed by atoms with van der Waals surface area (Å²) in [6.07, 6.45) is 0.863. The maximum atomic E-state index is 12.5. The molecule has 1 fully saturated rings. The van der Waals surface area contributed by atoms with Gasteiger partial charge >= 0.3 is 0 Å². The fourth-order valence-corrected chi connectivity index (χ4v) is 2.99. The first-order chi connectivity index (χ1) is 11.8. The number of amides is 1. The normalized spacial score (nSPS) is 15.8. The van der Waals surface area contributed by atoms with Gasteiger partial charge in [-0.1, -0.05) is 37.3 Å². The predicted octanol–water partition coefficient (Wildman–Crippen LogP) is 3.40. The number of hydrogen-bond donors (Lipinski definition) is 1. The second-order valence-electron chi connectivity index (χ2n) is 5.99. The van der Waals surface area contributed by atoms with Crippen LogP contribution in [0.15, 0.2) is 54.6 Å². The number of nitrogens with one attached hydrogen (secondary N) is 1. The number of carbonyl (C=O) groups is 1. The van der Waals surface area contributed by atoms with Crippen molar-refractivity contribution in [1.82, 2.24) is 5.32 Å². The number of anilines is 1. The zero-order valence-electron chi connectivity index (χ0n) is 14.1. The van der Waals surface area contributed by atoms with E-state index >= 15 is 0 Å². The van der Waals surface area contributed by atoms with Crippen molar-refractivity contribution in [3.8, 4) is 0 Å². The first-order valence-electron chi connectivity index (χ1n) is 8.56. The molecule has 3 rings (SSSR count). The van der Waals surface area contributed by atoms with E-state index in [9.17, 15) is 4.79 Å². The molecule has 1 saturated heterocycles. The van der Waals surface area contributed by atoms with E-state index in [0.717, 1.165) is 44.0 Å². The van der Waals surface area contributed by atoms with Gasteiger partial charge in [0.05, 0.1) is 19.3 Å². The number of morpholine rings is 1. The minimum absolute atomic E-state index is 0.0285. The van der Waals surface area contributed by atoms with Crippen molar-refractivity contribution < 1.29 is 9.53 Å². The van der Waals surface area contributed by atoms with Gasteiger partial charge < -0.3 is 15.0 Å². The highest BCUT2D eigenvalue weighted by molar-refractivity contribution is 5.94. The van der Waals surface area contributed by atoms with Gasteiger partial charge in [-0.05, 0) is 36.2 Å². The quantitative estimate of drug-likeness (QED) is 0.916. The molecule has 0 radical (unpaired) electrons. The highest BCUT2D eigenvalue weighted by atomic mass is 16.5. The molecule has 0 aliphatic carbocycles. The van der Waals surface area contributed by atoms with Crippen LogP contribution in [0.3, 0.4) is 0 Å². The molecule has 126 valence electrons. The second-order valence-corrected chi connectivity index (χ2v) is 5.99. The lowest BCUT2D eigenvalue weighted by molar-refractivity contribution is 0.0935. The lowest BCUT2D eigenvalue weighted by Gasteiger charge is -2.28. The standard InChI is InChI=1S/C20H24N2O2/c1-2-19(16-6-4-3-5-7-16)21-20(23)17-8-10-18(11-9-17)22-12-14-24-15-13-22/h3-11,19H,2,12-15H2,1H3,(H,21,23)/t19-/m1/s1. The molecule has 0 spiro atoms. The van der Waals surface area contributed by atoms with E-state index in [4.69, 9.17) is 4.74 Å². The number of ether oxygens (including phenoxy) is 1. The molecule has 24 heavy (non-hydrogen) atoms. The van der Waals surface area contributed by atoms with E-state index in [0.29, 0.717) is 5.56 Å². The van der Waals surface area contributed by atoms with Crippen LogP contribution >= 0.6 is 0 Å². The summed E-state index contributed by atoms with van der Waals surface area (Å²) < 4.78 is 5.38. The fourth-order valence-electron chi connectivity index (χ4n) is 2.99. The Labute approximate surface area is 143 Å². The predicted molar refractivity (Wildman–Crippen MR) is 96.4 cm³/mol. The highest BCUT2D eigenvalue weighted by Gasteiger charge is 2.15. The van der Waals surface area contributed by atoms with Gasteiger partial charge in [-0.2, -0.15) is 0 Å². The molecule has 1 aliphatic heterocycles. The maximum Gasteiger partial charge on any atom is 0.251 e. The molecule has 0 aromatic heterocycles. The second kappa shape index (κ2) is 7.97. The summed E-state index contributed by atoms with van der Waals surface area (Å²) >= 11 is 0. The number of nitrogens with zero attached hydrogens (tertiary/aromatic N) is 1. The molecule has 1 aliphatic rings. The molecule has 1 heterocycles. The molecule has 2 aromatic carbocycles. The molecule has 0 saturated carbocycles. The fraction of sp³-hybridized carbons (Fsp3) is 0.350. The molecule has 0 bridgehead atoms. The Morgan fingerprint density at radius 2 is 1.75 bits per heavy atom. The molecule has 0 unspecified atom stereocenters. The number of carbonyl (C=O) groups excluding carboxylic acids is 1. The van der Waals surface area contributed by atoms with Crippen LogP contribution in [0.5, 0.6) is 0 Å². The summed E-state index contributed by atoms with van der Waals surface area (Å²) in [4.78, 5) is 14.8. The highest BCUT2D eigenvalue weighted by Crippen LogP contribution is 2.19. The van der Waals surface area contributed by atoms with Crippen molar-refractivity contribution in [1.29, 1.82) is 0 Å². The summed E-state index contributed by atoms with van der Waals surface area (Å²) in [5.41, 5.74) is 2.98. The van der Waals surface area contributed by atoms with Gasteiger partial charge in [0.1, 0.15) is 0 Å². The molecule has 4 nitrogen and oxygen atoms in total. The zero-order valence-corrected chi connectivity index (χ0v) is 14.1. The smallest absolute Gasteiger partial charge is 0.251 e. The van der Waals surface area contributed by atoms with E-state index < -0.39 is 0 Å². The van der Waals surface area contributed by atoms with E-state index in [-0.39, 0.29) is 11.9 Å². The van der Waals surface area contributed by atoms with Crippen molar-refractivity contribution in [2.24, 2.45) is 0 Å². The van der Waals surface area contributed by atoms with Crippen molar-refractivity contribution in [3.05, 3.63) is 65.7 Å².